The molecular formula is C18H29ClN2O3. The van der Waals surface area contributed by atoms with Crippen molar-refractivity contribution in [3.63, 3.8) is 0 Å². The number of carbonyl (C=O) groups is 1. The van der Waals surface area contributed by atoms with Crippen LogP contribution in [0.5, 0.6) is 5.75 Å². The molecule has 0 unspecified atom stereocenters. The average Bonchev–Trinajstić information content (AvgIpc) is 2.53. The van der Waals surface area contributed by atoms with Crippen molar-refractivity contribution in [3.8, 4) is 5.75 Å². The fourth-order valence-electron chi connectivity index (χ4n) is 2.37. The molecule has 0 saturated carbocycles. The molecule has 24 heavy (non-hydrogen) atoms. The lowest BCUT2D eigenvalue weighted by molar-refractivity contribution is -0.119. The summed E-state index contributed by atoms with van der Waals surface area (Å²) in [5, 5.41) is 2.84. The van der Waals surface area contributed by atoms with E-state index < -0.39 is 6.04 Å². The highest BCUT2D eigenvalue weighted by Gasteiger charge is 2.27. The van der Waals surface area contributed by atoms with Crippen molar-refractivity contribution in [3.05, 3.63) is 24.3 Å². The van der Waals surface area contributed by atoms with Crippen LogP contribution in [0.15, 0.2) is 24.3 Å². The van der Waals surface area contributed by atoms with E-state index in [1.165, 1.54) is 0 Å². The molecule has 1 heterocycles. The van der Waals surface area contributed by atoms with E-state index in [2.05, 4.69) is 5.32 Å². The van der Waals surface area contributed by atoms with E-state index in [-0.39, 0.29) is 23.7 Å². The largest absolute Gasteiger partial charge is 0.493 e. The summed E-state index contributed by atoms with van der Waals surface area (Å²) < 4.78 is 11.2. The number of carbonyl (C=O) groups excluding carboxylic acids is 1. The molecule has 136 valence electrons. The van der Waals surface area contributed by atoms with Gasteiger partial charge in [0, 0.05) is 18.9 Å². The van der Waals surface area contributed by atoms with E-state index in [1.54, 1.807) is 0 Å². The normalized spacial score (nSPS) is 16.8. The molecule has 1 saturated heterocycles. The summed E-state index contributed by atoms with van der Waals surface area (Å²) in [5.74, 6) is 1.20. The first-order chi connectivity index (χ1) is 10.9. The second-order valence-electron chi connectivity index (χ2n) is 7.22. The molecule has 1 amide bonds. The zero-order chi connectivity index (χ0) is 16.9. The van der Waals surface area contributed by atoms with Gasteiger partial charge in [0.1, 0.15) is 5.75 Å². The molecule has 0 radical (unpaired) electrons. The second kappa shape index (κ2) is 9.25. The predicted octanol–water partition coefficient (Wildman–Crippen LogP) is 3.23. The Balaban J connectivity index is 0.00000288. The van der Waals surface area contributed by atoms with Gasteiger partial charge in [-0.3, -0.25) is 4.79 Å². The van der Waals surface area contributed by atoms with Gasteiger partial charge in [-0.25, -0.2) is 0 Å². The van der Waals surface area contributed by atoms with Crippen LogP contribution in [0.1, 0.15) is 33.6 Å². The van der Waals surface area contributed by atoms with Crippen molar-refractivity contribution in [2.75, 3.05) is 25.1 Å². The summed E-state index contributed by atoms with van der Waals surface area (Å²) >= 11 is 0. The van der Waals surface area contributed by atoms with Crippen LogP contribution < -0.4 is 15.8 Å². The monoisotopic (exact) mass is 356 g/mol. The van der Waals surface area contributed by atoms with Gasteiger partial charge >= 0.3 is 0 Å². The molecule has 0 aromatic heterocycles. The summed E-state index contributed by atoms with van der Waals surface area (Å²) in [5.41, 5.74) is 6.42. The fraction of sp³-hybridized carbons (Fsp3) is 0.611. The highest BCUT2D eigenvalue weighted by molar-refractivity contribution is 5.95. The van der Waals surface area contributed by atoms with Crippen LogP contribution in [-0.2, 0) is 9.53 Å². The maximum atomic E-state index is 12.1. The summed E-state index contributed by atoms with van der Waals surface area (Å²) in [4.78, 5) is 12.1. The number of hydrogen-bond donors (Lipinski definition) is 2. The van der Waals surface area contributed by atoms with Crippen molar-refractivity contribution < 1.29 is 14.3 Å². The van der Waals surface area contributed by atoms with Gasteiger partial charge in [-0.05, 0) is 48.4 Å². The number of hydrogen-bond acceptors (Lipinski definition) is 4. The van der Waals surface area contributed by atoms with Gasteiger partial charge in [-0.2, -0.15) is 0 Å². The molecule has 1 aliphatic rings. The van der Waals surface area contributed by atoms with Crippen molar-refractivity contribution in [2.45, 2.75) is 39.7 Å². The van der Waals surface area contributed by atoms with Crippen LogP contribution in [0.3, 0.4) is 0 Å². The smallest absolute Gasteiger partial charge is 0.241 e. The van der Waals surface area contributed by atoms with Gasteiger partial charge in [0.05, 0.1) is 12.6 Å². The van der Waals surface area contributed by atoms with Crippen LogP contribution in [0.2, 0.25) is 0 Å². The lowest BCUT2D eigenvalue weighted by Gasteiger charge is -2.25. The van der Waals surface area contributed by atoms with E-state index in [9.17, 15) is 4.79 Å². The SMILES string of the molecule is CC(C)(C)[C@H](N)C(=O)Nc1ccc(OCC2CCOCC2)cc1.Cl. The number of rotatable bonds is 5. The standard InChI is InChI=1S/C18H28N2O3.ClH/c1-18(2,3)16(19)17(21)20-14-4-6-15(7-5-14)23-12-13-8-10-22-11-9-13;/h4-7,13,16H,8-12,19H2,1-3H3,(H,20,21);1H/t16-;/m1./s1. The number of benzene rings is 1. The van der Waals surface area contributed by atoms with E-state index in [0.717, 1.165) is 37.5 Å². The molecule has 0 aliphatic carbocycles. The number of nitrogens with two attached hydrogens (primary N) is 1. The first kappa shape index (κ1) is 20.7. The molecule has 1 fully saturated rings. The fourth-order valence-corrected chi connectivity index (χ4v) is 2.37. The Labute approximate surface area is 150 Å². The lowest BCUT2D eigenvalue weighted by Crippen LogP contribution is -2.45. The third-order valence-corrected chi connectivity index (χ3v) is 4.16. The first-order valence-electron chi connectivity index (χ1n) is 8.23. The van der Waals surface area contributed by atoms with Crippen molar-refractivity contribution >= 4 is 24.0 Å². The number of halogens is 1. The molecule has 6 heteroatoms. The lowest BCUT2D eigenvalue weighted by atomic mass is 9.87. The Hall–Kier alpha value is -1.30. The number of amides is 1. The van der Waals surface area contributed by atoms with E-state index in [0.29, 0.717) is 12.5 Å². The maximum absolute atomic E-state index is 12.1. The van der Waals surface area contributed by atoms with Crippen LogP contribution in [0, 0.1) is 11.3 Å². The number of anilines is 1. The van der Waals surface area contributed by atoms with Crippen molar-refractivity contribution in [2.24, 2.45) is 17.1 Å². The van der Waals surface area contributed by atoms with Crippen LogP contribution in [0.25, 0.3) is 0 Å². The first-order valence-corrected chi connectivity index (χ1v) is 8.23. The minimum absolute atomic E-state index is 0. The Bertz CT molecular complexity index is 508. The summed E-state index contributed by atoms with van der Waals surface area (Å²) in [6, 6.07) is 6.88. The Morgan fingerprint density at radius 3 is 2.42 bits per heavy atom. The van der Waals surface area contributed by atoms with E-state index in [4.69, 9.17) is 15.2 Å². The third-order valence-electron chi connectivity index (χ3n) is 4.16. The van der Waals surface area contributed by atoms with Crippen molar-refractivity contribution in [1.29, 1.82) is 0 Å². The molecule has 1 atom stereocenters. The van der Waals surface area contributed by atoms with E-state index >= 15 is 0 Å². The second-order valence-corrected chi connectivity index (χ2v) is 7.22. The molecule has 5 nitrogen and oxygen atoms in total. The van der Waals surface area contributed by atoms with E-state index in [1.807, 2.05) is 45.0 Å². The topological polar surface area (TPSA) is 73.6 Å². The van der Waals surface area contributed by atoms with Gasteiger partial charge in [-0.1, -0.05) is 20.8 Å². The number of ether oxygens (including phenoxy) is 2. The molecule has 0 spiro atoms. The van der Waals surface area contributed by atoms with Gasteiger partial charge in [0.2, 0.25) is 5.91 Å². The molecule has 3 N–H and O–H groups in total. The highest BCUT2D eigenvalue weighted by atomic mass is 35.5. The highest BCUT2D eigenvalue weighted by Crippen LogP contribution is 2.21. The molecule has 1 aromatic carbocycles. The minimum Gasteiger partial charge on any atom is -0.493 e. The Morgan fingerprint density at radius 1 is 1.29 bits per heavy atom. The zero-order valence-corrected chi connectivity index (χ0v) is 15.5. The molecule has 2 rings (SSSR count). The van der Waals surface area contributed by atoms with Gasteiger partial charge in [0.25, 0.3) is 0 Å². The predicted molar refractivity (Wildman–Crippen MR) is 98.8 cm³/mol. The summed E-state index contributed by atoms with van der Waals surface area (Å²) in [6.45, 7) is 8.21. The molecular weight excluding hydrogens is 328 g/mol. The summed E-state index contributed by atoms with van der Waals surface area (Å²) in [7, 11) is 0. The van der Waals surface area contributed by atoms with Gasteiger partial charge in [0.15, 0.2) is 0 Å². The van der Waals surface area contributed by atoms with Gasteiger partial charge in [-0.15, -0.1) is 12.4 Å². The quantitative estimate of drug-likeness (QED) is 0.849. The number of nitrogens with one attached hydrogen (secondary N) is 1. The van der Waals surface area contributed by atoms with Crippen LogP contribution in [0.4, 0.5) is 5.69 Å². The molecule has 1 aliphatic heterocycles. The maximum Gasteiger partial charge on any atom is 0.241 e. The zero-order valence-electron chi connectivity index (χ0n) is 14.7. The molecule has 1 aromatic rings. The Morgan fingerprint density at radius 2 is 1.88 bits per heavy atom. The van der Waals surface area contributed by atoms with Crippen molar-refractivity contribution in [1.82, 2.24) is 0 Å². The van der Waals surface area contributed by atoms with Crippen LogP contribution in [-0.4, -0.2) is 31.8 Å². The Kier molecular flexibility index (Phi) is 8.00. The molecule has 0 bridgehead atoms. The summed E-state index contributed by atoms with van der Waals surface area (Å²) in [6.07, 6.45) is 2.11. The van der Waals surface area contributed by atoms with Crippen LogP contribution >= 0.6 is 12.4 Å². The van der Waals surface area contributed by atoms with Gasteiger partial charge < -0.3 is 20.5 Å². The average molecular weight is 357 g/mol. The third kappa shape index (κ3) is 6.30. The minimum atomic E-state index is -0.549.